The Balaban J connectivity index is 0.00000121. The molecule has 0 aliphatic rings. The Kier molecular flexibility index (Phi) is 5.76. The Morgan fingerprint density at radius 3 is 2.83 bits per heavy atom. The molecule has 1 heterocycles. The summed E-state index contributed by atoms with van der Waals surface area (Å²) in [5, 5.41) is 7.38. The highest BCUT2D eigenvalue weighted by atomic mass is 35.5. The standard InChI is InChI=1S/C8H15N3.ClH/c1-3-4-9-5-8-6-10-11(2)7-8;/h6-7,9H,3-5H2,1-2H3;1H. The van der Waals surface area contributed by atoms with Gasteiger partial charge in [-0.15, -0.1) is 12.4 Å². The Hall–Kier alpha value is -0.540. The second kappa shape index (κ2) is 6.03. The Labute approximate surface area is 79.6 Å². The van der Waals surface area contributed by atoms with Crippen molar-refractivity contribution in [1.82, 2.24) is 15.1 Å². The van der Waals surface area contributed by atoms with Crippen LogP contribution in [0.15, 0.2) is 12.4 Å². The molecule has 70 valence electrons. The van der Waals surface area contributed by atoms with Crippen LogP contribution >= 0.6 is 12.4 Å². The first-order valence-corrected chi connectivity index (χ1v) is 4.01. The van der Waals surface area contributed by atoms with Crippen LogP contribution in [0.5, 0.6) is 0 Å². The maximum absolute atomic E-state index is 4.07. The molecule has 1 aromatic heterocycles. The van der Waals surface area contributed by atoms with Crippen LogP contribution < -0.4 is 5.32 Å². The molecule has 1 N–H and O–H groups in total. The third-order valence-electron chi connectivity index (χ3n) is 1.51. The van der Waals surface area contributed by atoms with E-state index in [1.807, 2.05) is 24.1 Å². The van der Waals surface area contributed by atoms with E-state index in [1.165, 1.54) is 12.0 Å². The molecule has 4 heteroatoms. The number of halogens is 1. The van der Waals surface area contributed by atoms with Crippen molar-refractivity contribution in [1.29, 1.82) is 0 Å². The van der Waals surface area contributed by atoms with Gasteiger partial charge in [-0.1, -0.05) is 6.92 Å². The summed E-state index contributed by atoms with van der Waals surface area (Å²) in [7, 11) is 1.93. The number of aromatic nitrogens is 2. The van der Waals surface area contributed by atoms with Crippen LogP contribution in [0.2, 0.25) is 0 Å². The second-order valence-electron chi connectivity index (χ2n) is 2.70. The van der Waals surface area contributed by atoms with Crippen LogP contribution in [0.1, 0.15) is 18.9 Å². The summed E-state index contributed by atoms with van der Waals surface area (Å²) in [6.07, 6.45) is 5.10. The van der Waals surface area contributed by atoms with Crippen molar-refractivity contribution < 1.29 is 0 Å². The number of aryl methyl sites for hydroxylation is 1. The zero-order valence-corrected chi connectivity index (χ0v) is 8.40. The van der Waals surface area contributed by atoms with E-state index in [2.05, 4.69) is 17.3 Å². The van der Waals surface area contributed by atoms with Crippen LogP contribution in [0.3, 0.4) is 0 Å². The topological polar surface area (TPSA) is 29.9 Å². The van der Waals surface area contributed by atoms with Crippen LogP contribution in [-0.4, -0.2) is 16.3 Å². The van der Waals surface area contributed by atoms with E-state index in [9.17, 15) is 0 Å². The summed E-state index contributed by atoms with van der Waals surface area (Å²) in [6, 6.07) is 0. The van der Waals surface area contributed by atoms with Crippen LogP contribution in [-0.2, 0) is 13.6 Å². The molecule has 0 atom stereocenters. The maximum atomic E-state index is 4.07. The van der Waals surface area contributed by atoms with Crippen LogP contribution in [0.4, 0.5) is 0 Å². The summed E-state index contributed by atoms with van der Waals surface area (Å²) < 4.78 is 1.82. The van der Waals surface area contributed by atoms with Gasteiger partial charge in [-0.05, 0) is 13.0 Å². The van der Waals surface area contributed by atoms with E-state index in [-0.39, 0.29) is 12.4 Å². The lowest BCUT2D eigenvalue weighted by Crippen LogP contribution is -2.13. The molecule has 0 spiro atoms. The van der Waals surface area contributed by atoms with Crippen molar-refractivity contribution in [2.45, 2.75) is 19.9 Å². The smallest absolute Gasteiger partial charge is 0.0534 e. The third-order valence-corrected chi connectivity index (χ3v) is 1.51. The summed E-state index contributed by atoms with van der Waals surface area (Å²) in [5.74, 6) is 0. The van der Waals surface area contributed by atoms with Gasteiger partial charge >= 0.3 is 0 Å². The fourth-order valence-corrected chi connectivity index (χ4v) is 0.973. The normalized spacial score (nSPS) is 9.50. The molecule has 0 unspecified atom stereocenters. The second-order valence-corrected chi connectivity index (χ2v) is 2.70. The molecular weight excluding hydrogens is 174 g/mol. The number of hydrogen-bond acceptors (Lipinski definition) is 2. The van der Waals surface area contributed by atoms with Gasteiger partial charge in [-0.2, -0.15) is 5.10 Å². The van der Waals surface area contributed by atoms with Gasteiger partial charge in [0.1, 0.15) is 0 Å². The molecule has 1 rings (SSSR count). The highest BCUT2D eigenvalue weighted by Gasteiger charge is 1.92. The minimum atomic E-state index is 0. The zero-order valence-electron chi connectivity index (χ0n) is 7.58. The molecule has 0 saturated heterocycles. The van der Waals surface area contributed by atoms with Crippen molar-refractivity contribution in [3.63, 3.8) is 0 Å². The molecule has 12 heavy (non-hydrogen) atoms. The van der Waals surface area contributed by atoms with Crippen molar-refractivity contribution in [3.05, 3.63) is 18.0 Å². The monoisotopic (exact) mass is 189 g/mol. The Morgan fingerprint density at radius 2 is 2.33 bits per heavy atom. The molecule has 0 aliphatic carbocycles. The van der Waals surface area contributed by atoms with Crippen molar-refractivity contribution in [3.8, 4) is 0 Å². The fourth-order valence-electron chi connectivity index (χ4n) is 0.973. The Morgan fingerprint density at radius 1 is 1.58 bits per heavy atom. The molecular formula is C8H16ClN3. The van der Waals surface area contributed by atoms with Gasteiger partial charge < -0.3 is 5.32 Å². The summed E-state index contributed by atoms with van der Waals surface area (Å²) in [5.41, 5.74) is 1.25. The number of hydrogen-bond donors (Lipinski definition) is 1. The quantitative estimate of drug-likeness (QED) is 0.725. The van der Waals surface area contributed by atoms with E-state index in [0.29, 0.717) is 0 Å². The van der Waals surface area contributed by atoms with Gasteiger partial charge in [0.25, 0.3) is 0 Å². The lowest BCUT2D eigenvalue weighted by atomic mass is 10.3. The third kappa shape index (κ3) is 3.74. The lowest BCUT2D eigenvalue weighted by Gasteiger charge is -1.97. The van der Waals surface area contributed by atoms with Gasteiger partial charge in [0.2, 0.25) is 0 Å². The first-order valence-electron chi connectivity index (χ1n) is 4.01. The van der Waals surface area contributed by atoms with Crippen molar-refractivity contribution in [2.75, 3.05) is 6.54 Å². The van der Waals surface area contributed by atoms with Gasteiger partial charge in [0.15, 0.2) is 0 Å². The molecule has 0 aliphatic heterocycles. The number of nitrogens with zero attached hydrogens (tertiary/aromatic N) is 2. The summed E-state index contributed by atoms with van der Waals surface area (Å²) in [4.78, 5) is 0. The van der Waals surface area contributed by atoms with Crippen molar-refractivity contribution in [2.24, 2.45) is 7.05 Å². The first kappa shape index (κ1) is 11.5. The summed E-state index contributed by atoms with van der Waals surface area (Å²) in [6.45, 7) is 4.17. The average molecular weight is 190 g/mol. The van der Waals surface area contributed by atoms with E-state index in [4.69, 9.17) is 0 Å². The van der Waals surface area contributed by atoms with E-state index >= 15 is 0 Å². The zero-order chi connectivity index (χ0) is 8.10. The summed E-state index contributed by atoms with van der Waals surface area (Å²) >= 11 is 0. The predicted octanol–water partition coefficient (Wildman–Crippen LogP) is 1.34. The predicted molar refractivity (Wildman–Crippen MR) is 52.5 cm³/mol. The van der Waals surface area contributed by atoms with E-state index < -0.39 is 0 Å². The first-order chi connectivity index (χ1) is 5.33. The molecule has 0 fully saturated rings. The highest BCUT2D eigenvalue weighted by molar-refractivity contribution is 5.85. The highest BCUT2D eigenvalue weighted by Crippen LogP contribution is 1.94. The molecule has 0 amide bonds. The molecule has 0 bridgehead atoms. The molecule has 0 aromatic carbocycles. The van der Waals surface area contributed by atoms with Gasteiger partial charge in [0, 0.05) is 25.4 Å². The molecule has 1 aromatic rings. The molecule has 0 saturated carbocycles. The number of rotatable bonds is 4. The van der Waals surface area contributed by atoms with Gasteiger partial charge in [-0.3, -0.25) is 4.68 Å². The van der Waals surface area contributed by atoms with Crippen molar-refractivity contribution >= 4 is 12.4 Å². The lowest BCUT2D eigenvalue weighted by molar-refractivity contribution is 0.674. The minimum absolute atomic E-state index is 0. The van der Waals surface area contributed by atoms with E-state index in [1.54, 1.807) is 0 Å². The van der Waals surface area contributed by atoms with Gasteiger partial charge in [0.05, 0.1) is 6.20 Å². The van der Waals surface area contributed by atoms with Gasteiger partial charge in [-0.25, -0.2) is 0 Å². The average Bonchev–Trinajstić information content (AvgIpc) is 2.37. The Bertz CT molecular complexity index is 210. The fraction of sp³-hybridized carbons (Fsp3) is 0.625. The van der Waals surface area contributed by atoms with E-state index in [0.717, 1.165) is 13.1 Å². The van der Waals surface area contributed by atoms with Crippen LogP contribution in [0.25, 0.3) is 0 Å². The molecule has 3 nitrogen and oxygen atoms in total. The van der Waals surface area contributed by atoms with Crippen LogP contribution in [0, 0.1) is 0 Å². The number of nitrogens with one attached hydrogen (secondary N) is 1. The molecule has 0 radical (unpaired) electrons. The maximum Gasteiger partial charge on any atom is 0.0534 e. The largest absolute Gasteiger partial charge is 0.313 e. The SMILES string of the molecule is CCCNCc1cnn(C)c1.Cl. The minimum Gasteiger partial charge on any atom is -0.313 e.